The maximum Gasteiger partial charge on any atom is 0.255 e. The Morgan fingerprint density at radius 3 is 2.59 bits per heavy atom. The van der Waals surface area contributed by atoms with Crippen molar-refractivity contribution in [3.05, 3.63) is 64.5 Å². The van der Waals surface area contributed by atoms with E-state index in [-0.39, 0.29) is 37.3 Å². The van der Waals surface area contributed by atoms with Gasteiger partial charge in [-0.25, -0.2) is 4.39 Å². The van der Waals surface area contributed by atoms with E-state index in [9.17, 15) is 18.8 Å². The van der Waals surface area contributed by atoms with Crippen molar-refractivity contribution in [2.24, 2.45) is 0 Å². The first kappa shape index (κ1) is 21.2. The van der Waals surface area contributed by atoms with E-state index in [1.165, 1.54) is 11.6 Å². The first-order chi connectivity index (χ1) is 16.8. The number of hydrogen-bond donors (Lipinski definition) is 1. The number of benzene rings is 2. The number of piperidine rings is 1. The third-order valence-electron chi connectivity index (χ3n) is 6.32. The molecule has 5 rings (SSSR count). The van der Waals surface area contributed by atoms with E-state index in [0.717, 1.165) is 49.4 Å². The quantitative estimate of drug-likeness (QED) is 0.653. The molecule has 3 aliphatic heterocycles. The van der Waals surface area contributed by atoms with Crippen LogP contribution < -0.4 is 10.1 Å². The van der Waals surface area contributed by atoms with E-state index in [2.05, 4.69) is 10.2 Å². The summed E-state index contributed by atoms with van der Waals surface area (Å²) in [6.07, 6.45) is -0.165. The van der Waals surface area contributed by atoms with Crippen LogP contribution in [0.1, 0.15) is 41.3 Å². The van der Waals surface area contributed by atoms with Crippen molar-refractivity contribution in [2.45, 2.75) is 38.6 Å². The molecule has 2 fully saturated rings. The van der Waals surface area contributed by atoms with Crippen LogP contribution in [0.25, 0.3) is 0 Å². The molecule has 0 radical (unpaired) electrons. The summed E-state index contributed by atoms with van der Waals surface area (Å²) in [7, 11) is 0. The Hall–Kier alpha value is -3.30. The average molecular weight is 469 g/mol. The number of hydrogen-bond acceptors (Lipinski definition) is 6. The van der Waals surface area contributed by atoms with Gasteiger partial charge in [-0.3, -0.25) is 24.6 Å². The fraction of sp³-hybridized carbons (Fsp3) is 0.400. The van der Waals surface area contributed by atoms with Gasteiger partial charge in [-0.05, 0) is 23.6 Å². The van der Waals surface area contributed by atoms with Crippen molar-refractivity contribution < 1.29 is 29.6 Å². The molecule has 0 bridgehead atoms. The number of carbonyl (C=O) groups is 3. The van der Waals surface area contributed by atoms with Gasteiger partial charge in [0.25, 0.3) is 5.91 Å². The van der Waals surface area contributed by atoms with E-state index in [0.29, 0.717) is 5.56 Å². The van der Waals surface area contributed by atoms with Gasteiger partial charge in [-0.1, -0.05) is 24.3 Å². The lowest BCUT2D eigenvalue weighted by atomic mass is 10.0. The summed E-state index contributed by atoms with van der Waals surface area (Å²) in [6.45, 7) is 4.23. The number of carbonyl (C=O) groups excluding carboxylic acids is 3. The smallest absolute Gasteiger partial charge is 0.255 e. The van der Waals surface area contributed by atoms with Crippen LogP contribution in [-0.4, -0.2) is 59.8 Å². The fourth-order valence-electron chi connectivity index (χ4n) is 4.47. The average Bonchev–Trinajstić information content (AvgIpc) is 3.19. The summed E-state index contributed by atoms with van der Waals surface area (Å²) in [5, 5.41) is 2.12. The van der Waals surface area contributed by atoms with Gasteiger partial charge in [0, 0.05) is 37.7 Å². The molecule has 178 valence electrons. The molecule has 2 aromatic carbocycles. The Labute approximate surface area is 198 Å². The molecular formula is C25H26FN3O5. The van der Waals surface area contributed by atoms with Crippen molar-refractivity contribution in [3.8, 4) is 5.75 Å². The summed E-state index contributed by atoms with van der Waals surface area (Å²) < 4.78 is 34.2. The number of imide groups is 1. The first-order valence-electron chi connectivity index (χ1n) is 11.8. The van der Waals surface area contributed by atoms with E-state index in [1.807, 2.05) is 24.3 Å². The minimum Gasteiger partial charge on any atom is -0.488 e. The monoisotopic (exact) mass is 468 g/mol. The predicted octanol–water partition coefficient (Wildman–Crippen LogP) is 2.00. The van der Waals surface area contributed by atoms with Crippen LogP contribution in [0.4, 0.5) is 4.39 Å². The number of ether oxygens (including phenoxy) is 2. The number of rotatable bonds is 6. The third-order valence-corrected chi connectivity index (χ3v) is 6.32. The normalized spacial score (nSPS) is 23.5. The van der Waals surface area contributed by atoms with Gasteiger partial charge in [0.1, 0.15) is 24.2 Å². The topological polar surface area (TPSA) is 88.2 Å². The van der Waals surface area contributed by atoms with E-state index < -0.39 is 29.6 Å². The van der Waals surface area contributed by atoms with Crippen molar-refractivity contribution in [1.29, 1.82) is 0 Å². The summed E-state index contributed by atoms with van der Waals surface area (Å²) >= 11 is 0. The molecule has 1 atom stereocenters. The van der Waals surface area contributed by atoms with E-state index in [1.54, 1.807) is 0 Å². The Morgan fingerprint density at radius 1 is 1.12 bits per heavy atom. The predicted molar refractivity (Wildman–Crippen MR) is 119 cm³/mol. The molecule has 0 spiro atoms. The molecule has 1 unspecified atom stereocenters. The van der Waals surface area contributed by atoms with E-state index in [4.69, 9.17) is 10.8 Å². The van der Waals surface area contributed by atoms with Gasteiger partial charge in [0.2, 0.25) is 11.8 Å². The Balaban J connectivity index is 1.29. The maximum atomic E-state index is 14.4. The Bertz CT molecular complexity index is 1170. The highest BCUT2D eigenvalue weighted by Crippen LogP contribution is 2.35. The van der Waals surface area contributed by atoms with Crippen LogP contribution >= 0.6 is 0 Å². The molecule has 0 aromatic heterocycles. The standard InChI is InChI=1S/C25H26FN3O5/c26-18-11-19-20(14-29(25(19)32)21-5-6-23(30)27-24(21)31)22(12-18)34-15-17-3-1-16(2-4-17)13-28-7-9-33-10-8-28/h1-4,11-12,21H,5-10,13-15H2,(H,27,30,31)/i21D. The molecular weight excluding hydrogens is 441 g/mol. The lowest BCUT2D eigenvalue weighted by Crippen LogP contribution is -2.52. The van der Waals surface area contributed by atoms with Gasteiger partial charge >= 0.3 is 0 Å². The van der Waals surface area contributed by atoms with Crippen LogP contribution in [0.3, 0.4) is 0 Å². The zero-order valence-corrected chi connectivity index (χ0v) is 18.6. The molecule has 3 heterocycles. The van der Waals surface area contributed by atoms with Crippen LogP contribution in [0.15, 0.2) is 36.4 Å². The summed E-state index contributed by atoms with van der Waals surface area (Å²) in [5.74, 6) is -2.40. The highest BCUT2D eigenvalue weighted by Gasteiger charge is 2.40. The number of morpholine rings is 1. The largest absolute Gasteiger partial charge is 0.488 e. The van der Waals surface area contributed by atoms with Crippen LogP contribution in [0.2, 0.25) is 0 Å². The molecule has 0 saturated carbocycles. The number of nitrogens with one attached hydrogen (secondary N) is 1. The minimum atomic E-state index is -1.94. The van der Waals surface area contributed by atoms with Crippen LogP contribution in [-0.2, 0) is 34.0 Å². The number of halogens is 1. The number of amides is 3. The summed E-state index contributed by atoms with van der Waals surface area (Å²) in [5.41, 5.74) is 2.56. The Morgan fingerprint density at radius 2 is 1.85 bits per heavy atom. The lowest BCUT2D eigenvalue weighted by Gasteiger charge is -2.29. The maximum absolute atomic E-state index is 14.4. The summed E-state index contributed by atoms with van der Waals surface area (Å²) in [6, 6.07) is 8.34. The lowest BCUT2D eigenvalue weighted by molar-refractivity contribution is -0.136. The second-order valence-corrected chi connectivity index (χ2v) is 8.64. The molecule has 34 heavy (non-hydrogen) atoms. The first-order valence-corrected chi connectivity index (χ1v) is 11.3. The van der Waals surface area contributed by atoms with Gasteiger partial charge in [0.05, 0.1) is 26.7 Å². The molecule has 9 heteroatoms. The zero-order chi connectivity index (χ0) is 24.6. The van der Waals surface area contributed by atoms with Crippen molar-refractivity contribution in [1.82, 2.24) is 15.1 Å². The van der Waals surface area contributed by atoms with E-state index >= 15 is 0 Å². The van der Waals surface area contributed by atoms with Crippen molar-refractivity contribution in [3.63, 3.8) is 0 Å². The highest BCUT2D eigenvalue weighted by molar-refractivity contribution is 6.05. The minimum absolute atomic E-state index is 0.0470. The SMILES string of the molecule is [2H]C1(N2Cc3c(OCc4ccc(CN5CCOCC5)cc4)cc(F)cc3C2=O)CCC(=O)NC1=O. The van der Waals surface area contributed by atoms with Crippen LogP contribution in [0, 0.1) is 5.82 Å². The fourth-order valence-corrected chi connectivity index (χ4v) is 4.47. The molecule has 2 aromatic rings. The van der Waals surface area contributed by atoms with Crippen molar-refractivity contribution in [2.75, 3.05) is 26.3 Å². The van der Waals surface area contributed by atoms with Gasteiger partial charge in [-0.2, -0.15) is 0 Å². The molecule has 8 nitrogen and oxygen atoms in total. The second kappa shape index (κ2) is 9.52. The zero-order valence-electron chi connectivity index (χ0n) is 19.6. The van der Waals surface area contributed by atoms with Gasteiger partial charge in [-0.15, -0.1) is 0 Å². The third kappa shape index (κ3) is 4.67. The number of fused-ring (bicyclic) bond motifs is 1. The molecule has 2 saturated heterocycles. The molecule has 3 aliphatic rings. The summed E-state index contributed by atoms with van der Waals surface area (Å²) in [4.78, 5) is 40.3. The second-order valence-electron chi connectivity index (χ2n) is 8.64. The van der Waals surface area contributed by atoms with Gasteiger partial charge < -0.3 is 14.4 Å². The molecule has 1 N–H and O–H groups in total. The van der Waals surface area contributed by atoms with Crippen LogP contribution in [0.5, 0.6) is 5.75 Å². The molecule has 0 aliphatic carbocycles. The van der Waals surface area contributed by atoms with Gasteiger partial charge in [0.15, 0.2) is 0 Å². The van der Waals surface area contributed by atoms with Crippen molar-refractivity contribution >= 4 is 17.7 Å². The Kier molecular flexibility index (Phi) is 5.95. The number of nitrogens with zero attached hydrogens (tertiary/aromatic N) is 2. The highest BCUT2D eigenvalue weighted by atomic mass is 19.1. The molecule has 3 amide bonds.